The molecule has 0 aromatic rings. The number of rotatable bonds is 2. The fourth-order valence-corrected chi connectivity index (χ4v) is 3.57. The first kappa shape index (κ1) is 14.3. The molecule has 2 unspecified atom stereocenters. The molecule has 0 saturated carbocycles. The summed E-state index contributed by atoms with van der Waals surface area (Å²) in [6, 6.07) is 0.618. The zero-order chi connectivity index (χ0) is 13.4. The van der Waals surface area contributed by atoms with E-state index in [1.54, 1.807) is 0 Å². The Morgan fingerprint density at radius 1 is 1.28 bits per heavy atom. The van der Waals surface area contributed by atoms with Gasteiger partial charge in [0.15, 0.2) is 0 Å². The molecule has 1 N–H and O–H groups in total. The number of piperidine rings is 1. The van der Waals surface area contributed by atoms with Crippen LogP contribution in [0.4, 0.5) is 0 Å². The maximum Gasteiger partial charge on any atom is 0.0757 e. The molecule has 0 aromatic carbocycles. The van der Waals surface area contributed by atoms with E-state index in [0.29, 0.717) is 17.6 Å². The average Bonchev–Trinajstić information content (AvgIpc) is 2.18. The number of nitrogens with zero attached hydrogens (tertiary/aromatic N) is 1. The van der Waals surface area contributed by atoms with Gasteiger partial charge in [0.05, 0.1) is 11.7 Å². The molecule has 106 valence electrons. The van der Waals surface area contributed by atoms with Crippen LogP contribution in [0.15, 0.2) is 0 Å². The lowest BCUT2D eigenvalue weighted by Gasteiger charge is -2.46. The number of morpholine rings is 1. The van der Waals surface area contributed by atoms with Crippen molar-refractivity contribution in [2.45, 2.75) is 65.2 Å². The van der Waals surface area contributed by atoms with Crippen molar-refractivity contribution in [2.75, 3.05) is 26.2 Å². The second-order valence-corrected chi connectivity index (χ2v) is 7.48. The predicted octanol–water partition coefficient (Wildman–Crippen LogP) is 2.26. The Balaban J connectivity index is 1.96. The molecule has 0 amide bonds. The van der Waals surface area contributed by atoms with E-state index in [4.69, 9.17) is 4.74 Å². The Kier molecular flexibility index (Phi) is 4.05. The fraction of sp³-hybridized carbons (Fsp3) is 1.00. The lowest BCUT2D eigenvalue weighted by molar-refractivity contribution is -0.132. The third kappa shape index (κ3) is 3.46. The van der Waals surface area contributed by atoms with E-state index in [-0.39, 0.29) is 5.60 Å². The van der Waals surface area contributed by atoms with Crippen molar-refractivity contribution < 1.29 is 4.74 Å². The van der Waals surface area contributed by atoms with Gasteiger partial charge in [-0.25, -0.2) is 0 Å². The van der Waals surface area contributed by atoms with Crippen molar-refractivity contribution in [1.82, 2.24) is 10.2 Å². The zero-order valence-corrected chi connectivity index (χ0v) is 12.8. The van der Waals surface area contributed by atoms with Gasteiger partial charge in [-0.05, 0) is 45.6 Å². The summed E-state index contributed by atoms with van der Waals surface area (Å²) >= 11 is 0. The van der Waals surface area contributed by atoms with E-state index in [2.05, 4.69) is 44.8 Å². The van der Waals surface area contributed by atoms with Gasteiger partial charge in [0.1, 0.15) is 0 Å². The van der Waals surface area contributed by atoms with Crippen LogP contribution >= 0.6 is 0 Å². The topological polar surface area (TPSA) is 24.5 Å². The first-order chi connectivity index (χ1) is 8.28. The van der Waals surface area contributed by atoms with Crippen molar-refractivity contribution in [2.24, 2.45) is 5.41 Å². The first-order valence-electron chi connectivity index (χ1n) is 7.42. The number of hydrogen-bond donors (Lipinski definition) is 1. The van der Waals surface area contributed by atoms with Gasteiger partial charge in [-0.1, -0.05) is 13.8 Å². The fourth-order valence-electron chi connectivity index (χ4n) is 3.57. The minimum absolute atomic E-state index is 0.00350. The molecule has 18 heavy (non-hydrogen) atoms. The van der Waals surface area contributed by atoms with E-state index in [1.165, 1.54) is 19.4 Å². The van der Waals surface area contributed by atoms with Gasteiger partial charge in [0, 0.05) is 25.7 Å². The van der Waals surface area contributed by atoms with E-state index >= 15 is 0 Å². The molecule has 0 bridgehead atoms. The molecular formula is C15H30N2O. The van der Waals surface area contributed by atoms with Gasteiger partial charge in [0.2, 0.25) is 0 Å². The Bertz CT molecular complexity index is 288. The van der Waals surface area contributed by atoms with Gasteiger partial charge in [0.25, 0.3) is 0 Å². The maximum atomic E-state index is 5.98. The lowest BCUT2D eigenvalue weighted by Crippen LogP contribution is -2.58. The minimum atomic E-state index is -0.00350. The Morgan fingerprint density at radius 2 is 2.00 bits per heavy atom. The average molecular weight is 254 g/mol. The normalized spacial score (nSPS) is 36.5. The molecule has 3 nitrogen and oxygen atoms in total. The van der Waals surface area contributed by atoms with E-state index in [9.17, 15) is 0 Å². The summed E-state index contributed by atoms with van der Waals surface area (Å²) in [5.41, 5.74) is 0.417. The molecule has 0 aliphatic carbocycles. The molecular weight excluding hydrogens is 224 g/mol. The number of ether oxygens (including phenoxy) is 1. The summed E-state index contributed by atoms with van der Waals surface area (Å²) < 4.78 is 5.98. The molecule has 2 rings (SSSR count). The smallest absolute Gasteiger partial charge is 0.0757 e. The van der Waals surface area contributed by atoms with E-state index in [0.717, 1.165) is 19.6 Å². The van der Waals surface area contributed by atoms with Crippen LogP contribution in [0.1, 0.15) is 47.5 Å². The first-order valence-corrected chi connectivity index (χ1v) is 7.42. The standard InChI is InChI=1S/C15H30N2O/c1-12-9-17(11-15(4,5)18-12)10-13-14(2,3)7-6-8-16-13/h12-13,16H,6-11H2,1-5H3. The van der Waals surface area contributed by atoms with E-state index in [1.807, 2.05) is 0 Å². The third-order valence-corrected chi connectivity index (χ3v) is 4.41. The second kappa shape index (κ2) is 5.10. The van der Waals surface area contributed by atoms with Gasteiger partial charge < -0.3 is 10.1 Å². The summed E-state index contributed by atoms with van der Waals surface area (Å²) in [5.74, 6) is 0. The van der Waals surface area contributed by atoms with E-state index < -0.39 is 0 Å². The summed E-state index contributed by atoms with van der Waals surface area (Å²) in [6.45, 7) is 15.8. The highest BCUT2D eigenvalue weighted by Crippen LogP contribution is 2.31. The minimum Gasteiger partial charge on any atom is -0.370 e. The van der Waals surface area contributed by atoms with Crippen LogP contribution in [0.5, 0.6) is 0 Å². The number of hydrogen-bond acceptors (Lipinski definition) is 3. The summed E-state index contributed by atoms with van der Waals surface area (Å²) in [6.07, 6.45) is 3.00. The molecule has 2 saturated heterocycles. The van der Waals surface area contributed by atoms with Crippen LogP contribution in [0, 0.1) is 5.41 Å². The highest BCUT2D eigenvalue weighted by Gasteiger charge is 2.37. The quantitative estimate of drug-likeness (QED) is 0.818. The van der Waals surface area contributed by atoms with Crippen LogP contribution < -0.4 is 5.32 Å². The van der Waals surface area contributed by atoms with Gasteiger partial charge in [-0.2, -0.15) is 0 Å². The summed E-state index contributed by atoms with van der Waals surface area (Å²) in [7, 11) is 0. The molecule has 3 heteroatoms. The van der Waals surface area contributed by atoms with Crippen molar-refractivity contribution in [3.05, 3.63) is 0 Å². The Labute approximate surface area is 112 Å². The van der Waals surface area contributed by atoms with Crippen LogP contribution in [0.25, 0.3) is 0 Å². The second-order valence-electron chi connectivity index (χ2n) is 7.48. The zero-order valence-electron chi connectivity index (χ0n) is 12.8. The third-order valence-electron chi connectivity index (χ3n) is 4.41. The predicted molar refractivity (Wildman–Crippen MR) is 75.9 cm³/mol. The highest BCUT2D eigenvalue weighted by molar-refractivity contribution is 4.92. The lowest BCUT2D eigenvalue weighted by atomic mass is 9.77. The molecule has 0 radical (unpaired) electrons. The highest BCUT2D eigenvalue weighted by atomic mass is 16.5. The molecule has 0 aromatic heterocycles. The SMILES string of the molecule is CC1CN(CC2NCCCC2(C)C)CC(C)(C)O1. The Morgan fingerprint density at radius 3 is 2.61 bits per heavy atom. The molecule has 2 aliphatic heterocycles. The van der Waals surface area contributed by atoms with Gasteiger partial charge in [-0.15, -0.1) is 0 Å². The maximum absolute atomic E-state index is 5.98. The summed E-state index contributed by atoms with van der Waals surface area (Å²) in [4.78, 5) is 2.58. The van der Waals surface area contributed by atoms with Crippen LogP contribution in [-0.4, -0.2) is 48.8 Å². The number of nitrogens with one attached hydrogen (secondary N) is 1. The van der Waals surface area contributed by atoms with Crippen molar-refractivity contribution in [3.63, 3.8) is 0 Å². The van der Waals surface area contributed by atoms with Gasteiger partial charge >= 0.3 is 0 Å². The van der Waals surface area contributed by atoms with Crippen molar-refractivity contribution in [1.29, 1.82) is 0 Å². The molecule has 2 fully saturated rings. The van der Waals surface area contributed by atoms with Crippen LogP contribution in [0.3, 0.4) is 0 Å². The molecule has 2 heterocycles. The molecule has 2 aliphatic rings. The van der Waals surface area contributed by atoms with Crippen molar-refractivity contribution >= 4 is 0 Å². The summed E-state index contributed by atoms with van der Waals surface area (Å²) in [5, 5.41) is 3.72. The van der Waals surface area contributed by atoms with Crippen LogP contribution in [0.2, 0.25) is 0 Å². The largest absolute Gasteiger partial charge is 0.370 e. The molecule has 0 spiro atoms. The molecule has 2 atom stereocenters. The Hall–Kier alpha value is -0.120. The van der Waals surface area contributed by atoms with Gasteiger partial charge in [-0.3, -0.25) is 4.90 Å². The van der Waals surface area contributed by atoms with Crippen molar-refractivity contribution in [3.8, 4) is 0 Å². The monoisotopic (exact) mass is 254 g/mol. The van der Waals surface area contributed by atoms with Crippen LogP contribution in [-0.2, 0) is 4.74 Å².